The van der Waals surface area contributed by atoms with Gasteiger partial charge in [0.05, 0.1) is 0 Å². The van der Waals surface area contributed by atoms with Crippen molar-refractivity contribution in [3.05, 3.63) is 35.6 Å². The van der Waals surface area contributed by atoms with Gasteiger partial charge in [0.1, 0.15) is 5.82 Å². The molecule has 0 aromatic heterocycles. The lowest BCUT2D eigenvalue weighted by atomic mass is 10.0. The maximum Gasteiger partial charge on any atom is 0.127 e. The second-order valence-corrected chi connectivity index (χ2v) is 5.78. The SMILES string of the molecule is CC(C)C(CNCc1ccccc1F)N1CCCC1. The highest BCUT2D eigenvalue weighted by atomic mass is 19.1. The van der Waals surface area contributed by atoms with Gasteiger partial charge in [-0.2, -0.15) is 0 Å². The Balaban J connectivity index is 1.84. The van der Waals surface area contributed by atoms with Gasteiger partial charge in [-0.3, -0.25) is 4.90 Å². The molecule has 1 aromatic carbocycles. The monoisotopic (exact) mass is 264 g/mol. The molecule has 0 bridgehead atoms. The van der Waals surface area contributed by atoms with Gasteiger partial charge < -0.3 is 5.32 Å². The lowest BCUT2D eigenvalue weighted by molar-refractivity contribution is 0.186. The number of hydrogen-bond donors (Lipinski definition) is 1. The summed E-state index contributed by atoms with van der Waals surface area (Å²) in [4.78, 5) is 2.57. The summed E-state index contributed by atoms with van der Waals surface area (Å²) < 4.78 is 13.5. The summed E-state index contributed by atoms with van der Waals surface area (Å²) in [5.74, 6) is 0.517. The molecule has 0 saturated carbocycles. The van der Waals surface area contributed by atoms with Crippen molar-refractivity contribution in [3.63, 3.8) is 0 Å². The standard InChI is InChI=1S/C16H25FN2/c1-13(2)16(19-9-5-6-10-19)12-18-11-14-7-3-4-8-15(14)17/h3-4,7-8,13,16,18H,5-6,9-12H2,1-2H3. The van der Waals surface area contributed by atoms with Crippen LogP contribution in [0.5, 0.6) is 0 Å². The zero-order chi connectivity index (χ0) is 13.7. The van der Waals surface area contributed by atoms with Crippen LogP contribution in [0.15, 0.2) is 24.3 Å². The first kappa shape index (κ1) is 14.5. The van der Waals surface area contributed by atoms with Crippen LogP contribution in [0.1, 0.15) is 32.3 Å². The number of rotatable bonds is 6. The number of likely N-dealkylation sites (tertiary alicyclic amines) is 1. The highest BCUT2D eigenvalue weighted by Crippen LogP contribution is 2.17. The average Bonchev–Trinajstić information content (AvgIpc) is 2.89. The summed E-state index contributed by atoms with van der Waals surface area (Å²) in [7, 11) is 0. The Bertz CT molecular complexity index is 386. The van der Waals surface area contributed by atoms with E-state index in [4.69, 9.17) is 0 Å². The Morgan fingerprint density at radius 2 is 1.89 bits per heavy atom. The van der Waals surface area contributed by atoms with Crippen LogP contribution in [0, 0.1) is 11.7 Å². The molecule has 1 fully saturated rings. The molecule has 1 N–H and O–H groups in total. The Labute approximate surface area is 116 Å². The molecule has 2 nitrogen and oxygen atoms in total. The fourth-order valence-corrected chi connectivity index (χ4v) is 2.86. The van der Waals surface area contributed by atoms with Crippen molar-refractivity contribution in [1.82, 2.24) is 10.2 Å². The lowest BCUT2D eigenvalue weighted by Gasteiger charge is -2.31. The largest absolute Gasteiger partial charge is 0.311 e. The van der Waals surface area contributed by atoms with E-state index in [1.54, 1.807) is 6.07 Å². The Kier molecular flexibility index (Phi) is 5.34. The minimum absolute atomic E-state index is 0.114. The van der Waals surface area contributed by atoms with Crippen molar-refractivity contribution >= 4 is 0 Å². The molecule has 106 valence electrons. The van der Waals surface area contributed by atoms with Crippen molar-refractivity contribution < 1.29 is 4.39 Å². The van der Waals surface area contributed by atoms with E-state index in [1.165, 1.54) is 32.0 Å². The van der Waals surface area contributed by atoms with Gasteiger partial charge in [-0.05, 0) is 37.9 Å². The summed E-state index contributed by atoms with van der Waals surface area (Å²) in [6.45, 7) is 8.52. The molecule has 0 spiro atoms. The number of hydrogen-bond acceptors (Lipinski definition) is 2. The van der Waals surface area contributed by atoms with Crippen LogP contribution >= 0.6 is 0 Å². The molecule has 19 heavy (non-hydrogen) atoms. The van der Waals surface area contributed by atoms with E-state index in [9.17, 15) is 4.39 Å². The normalized spacial score (nSPS) is 18.1. The van der Waals surface area contributed by atoms with Crippen molar-refractivity contribution in [2.75, 3.05) is 19.6 Å². The maximum absolute atomic E-state index is 13.5. The topological polar surface area (TPSA) is 15.3 Å². The summed E-state index contributed by atoms with van der Waals surface area (Å²) in [5.41, 5.74) is 0.756. The zero-order valence-corrected chi connectivity index (χ0v) is 12.0. The van der Waals surface area contributed by atoms with Gasteiger partial charge in [0.2, 0.25) is 0 Å². The third-order valence-electron chi connectivity index (χ3n) is 4.01. The van der Waals surface area contributed by atoms with Gasteiger partial charge in [0.25, 0.3) is 0 Å². The maximum atomic E-state index is 13.5. The fraction of sp³-hybridized carbons (Fsp3) is 0.625. The number of nitrogens with one attached hydrogen (secondary N) is 1. The molecule has 2 rings (SSSR count). The van der Waals surface area contributed by atoms with Crippen LogP contribution in [0.2, 0.25) is 0 Å². The molecule has 1 atom stereocenters. The molecular formula is C16H25FN2. The molecule has 1 unspecified atom stereocenters. The van der Waals surface area contributed by atoms with Crippen LogP contribution in [0.25, 0.3) is 0 Å². The Hall–Kier alpha value is -0.930. The van der Waals surface area contributed by atoms with E-state index in [2.05, 4.69) is 24.1 Å². The fourth-order valence-electron chi connectivity index (χ4n) is 2.86. The predicted octanol–water partition coefficient (Wildman–Crippen LogP) is 3.04. The smallest absolute Gasteiger partial charge is 0.127 e. The molecule has 0 aliphatic carbocycles. The highest BCUT2D eigenvalue weighted by Gasteiger charge is 2.23. The van der Waals surface area contributed by atoms with Gasteiger partial charge in [-0.25, -0.2) is 4.39 Å². The van der Waals surface area contributed by atoms with Crippen molar-refractivity contribution in [2.45, 2.75) is 39.3 Å². The average molecular weight is 264 g/mol. The van der Waals surface area contributed by atoms with Gasteiger partial charge in [0, 0.05) is 24.7 Å². The van der Waals surface area contributed by atoms with Crippen LogP contribution in [-0.4, -0.2) is 30.6 Å². The van der Waals surface area contributed by atoms with E-state index in [0.29, 0.717) is 18.5 Å². The predicted molar refractivity (Wildman–Crippen MR) is 77.5 cm³/mol. The van der Waals surface area contributed by atoms with E-state index in [-0.39, 0.29) is 5.82 Å². The van der Waals surface area contributed by atoms with Crippen LogP contribution in [-0.2, 0) is 6.54 Å². The first-order valence-corrected chi connectivity index (χ1v) is 7.36. The quantitative estimate of drug-likeness (QED) is 0.849. The van der Waals surface area contributed by atoms with E-state index >= 15 is 0 Å². The van der Waals surface area contributed by atoms with Gasteiger partial charge in [0.15, 0.2) is 0 Å². The van der Waals surface area contributed by atoms with Gasteiger partial charge >= 0.3 is 0 Å². The summed E-state index contributed by atoms with van der Waals surface area (Å²) in [6.07, 6.45) is 2.63. The summed E-state index contributed by atoms with van der Waals surface area (Å²) >= 11 is 0. The number of nitrogens with zero attached hydrogens (tertiary/aromatic N) is 1. The van der Waals surface area contributed by atoms with Gasteiger partial charge in [-0.15, -0.1) is 0 Å². The van der Waals surface area contributed by atoms with E-state index in [1.807, 2.05) is 12.1 Å². The molecule has 3 heteroatoms. The number of benzene rings is 1. The molecule has 1 aliphatic heterocycles. The third-order valence-corrected chi connectivity index (χ3v) is 4.01. The number of halogens is 1. The minimum Gasteiger partial charge on any atom is -0.311 e. The first-order valence-electron chi connectivity index (χ1n) is 7.36. The highest BCUT2D eigenvalue weighted by molar-refractivity contribution is 5.16. The minimum atomic E-state index is -0.114. The lowest BCUT2D eigenvalue weighted by Crippen LogP contribution is -2.44. The van der Waals surface area contributed by atoms with Crippen molar-refractivity contribution in [1.29, 1.82) is 0 Å². The van der Waals surface area contributed by atoms with Crippen molar-refractivity contribution in [3.8, 4) is 0 Å². The molecule has 0 amide bonds. The molecular weight excluding hydrogens is 239 g/mol. The van der Waals surface area contributed by atoms with Crippen molar-refractivity contribution in [2.24, 2.45) is 5.92 Å². The third kappa shape index (κ3) is 4.02. The second kappa shape index (κ2) is 7.01. The molecule has 1 heterocycles. The van der Waals surface area contributed by atoms with Crippen LogP contribution in [0.4, 0.5) is 4.39 Å². The zero-order valence-electron chi connectivity index (χ0n) is 12.0. The molecule has 1 aliphatic rings. The van der Waals surface area contributed by atoms with E-state index in [0.717, 1.165) is 12.1 Å². The molecule has 1 aromatic rings. The first-order chi connectivity index (χ1) is 9.18. The van der Waals surface area contributed by atoms with E-state index < -0.39 is 0 Å². The summed E-state index contributed by atoms with van der Waals surface area (Å²) in [5, 5.41) is 3.42. The van der Waals surface area contributed by atoms with Gasteiger partial charge in [-0.1, -0.05) is 32.0 Å². The molecule has 0 radical (unpaired) electrons. The van der Waals surface area contributed by atoms with Crippen LogP contribution in [0.3, 0.4) is 0 Å². The Morgan fingerprint density at radius 1 is 1.21 bits per heavy atom. The molecule has 1 saturated heterocycles. The van der Waals surface area contributed by atoms with Crippen LogP contribution < -0.4 is 5.32 Å². The second-order valence-electron chi connectivity index (χ2n) is 5.78. The Morgan fingerprint density at radius 3 is 2.53 bits per heavy atom. The summed E-state index contributed by atoms with van der Waals surface area (Å²) in [6, 6.07) is 7.56.